The third-order valence-electron chi connectivity index (χ3n) is 2.17. The lowest BCUT2D eigenvalue weighted by Gasteiger charge is -2.26. The van der Waals surface area contributed by atoms with Gasteiger partial charge in [0.25, 0.3) is 0 Å². The second-order valence-electron chi connectivity index (χ2n) is 3.20. The van der Waals surface area contributed by atoms with E-state index in [-0.39, 0.29) is 4.87 Å². The van der Waals surface area contributed by atoms with Crippen molar-refractivity contribution < 1.29 is 0 Å². The number of aromatic amines is 1. The zero-order valence-corrected chi connectivity index (χ0v) is 8.19. The number of piperazine rings is 1. The molecule has 0 aromatic carbocycles. The molecule has 0 amide bonds. The van der Waals surface area contributed by atoms with E-state index in [1.165, 1.54) is 11.3 Å². The quantitative estimate of drug-likeness (QED) is 0.696. The molecule has 0 unspecified atom stereocenters. The smallest absolute Gasteiger partial charge is 0.304 e. The zero-order valence-electron chi connectivity index (χ0n) is 7.38. The van der Waals surface area contributed by atoms with Crippen molar-refractivity contribution in [2.45, 2.75) is 6.54 Å². The Kier molecular flexibility index (Phi) is 2.77. The van der Waals surface area contributed by atoms with Crippen LogP contribution in [-0.2, 0) is 6.54 Å². The normalized spacial score (nSPS) is 19.1. The van der Waals surface area contributed by atoms with E-state index in [4.69, 9.17) is 0 Å². The molecule has 72 valence electrons. The second kappa shape index (κ2) is 4.04. The van der Waals surface area contributed by atoms with Crippen LogP contribution in [0.1, 0.15) is 5.69 Å². The molecule has 0 bridgehead atoms. The van der Waals surface area contributed by atoms with Crippen LogP contribution >= 0.6 is 11.3 Å². The summed E-state index contributed by atoms with van der Waals surface area (Å²) < 4.78 is 0. The molecule has 0 atom stereocenters. The Labute approximate surface area is 80.6 Å². The zero-order chi connectivity index (χ0) is 9.10. The maximum absolute atomic E-state index is 10.9. The van der Waals surface area contributed by atoms with Gasteiger partial charge < -0.3 is 10.3 Å². The molecular formula is C8H13N3OS. The Bertz CT molecular complexity index is 313. The van der Waals surface area contributed by atoms with Crippen molar-refractivity contribution in [3.8, 4) is 0 Å². The van der Waals surface area contributed by atoms with Crippen molar-refractivity contribution in [3.05, 3.63) is 20.7 Å². The van der Waals surface area contributed by atoms with E-state index in [1.807, 2.05) is 5.38 Å². The number of thiazole rings is 1. The highest BCUT2D eigenvalue weighted by Gasteiger charge is 2.10. The summed E-state index contributed by atoms with van der Waals surface area (Å²) in [6.07, 6.45) is 0. The lowest BCUT2D eigenvalue weighted by molar-refractivity contribution is 0.231. The lowest BCUT2D eigenvalue weighted by atomic mass is 10.3. The second-order valence-corrected chi connectivity index (χ2v) is 4.04. The van der Waals surface area contributed by atoms with Crippen LogP contribution in [-0.4, -0.2) is 36.1 Å². The highest BCUT2D eigenvalue weighted by Crippen LogP contribution is 2.02. The molecule has 0 radical (unpaired) electrons. The van der Waals surface area contributed by atoms with E-state index in [0.29, 0.717) is 0 Å². The molecule has 1 aliphatic heterocycles. The van der Waals surface area contributed by atoms with Gasteiger partial charge in [-0.05, 0) is 0 Å². The van der Waals surface area contributed by atoms with E-state index in [9.17, 15) is 4.79 Å². The first kappa shape index (κ1) is 8.93. The molecule has 1 aromatic rings. The molecule has 1 saturated heterocycles. The Morgan fingerprint density at radius 2 is 2.23 bits per heavy atom. The highest BCUT2D eigenvalue weighted by molar-refractivity contribution is 7.07. The van der Waals surface area contributed by atoms with Crippen molar-refractivity contribution in [3.63, 3.8) is 0 Å². The van der Waals surface area contributed by atoms with Crippen LogP contribution in [0.4, 0.5) is 0 Å². The van der Waals surface area contributed by atoms with Gasteiger partial charge in [0.2, 0.25) is 0 Å². The number of H-pyrrole nitrogens is 1. The number of hydrogen-bond acceptors (Lipinski definition) is 4. The molecule has 0 spiro atoms. The lowest BCUT2D eigenvalue weighted by Crippen LogP contribution is -2.43. The SMILES string of the molecule is O=c1[nH]c(CN2CCNCC2)cs1. The van der Waals surface area contributed by atoms with Crippen LogP contribution in [0.3, 0.4) is 0 Å². The van der Waals surface area contributed by atoms with Gasteiger partial charge in [-0.2, -0.15) is 0 Å². The summed E-state index contributed by atoms with van der Waals surface area (Å²) in [5, 5.41) is 5.20. The van der Waals surface area contributed by atoms with Crippen LogP contribution in [0.5, 0.6) is 0 Å². The van der Waals surface area contributed by atoms with E-state index in [1.54, 1.807) is 0 Å². The first-order valence-corrected chi connectivity index (χ1v) is 5.32. The van der Waals surface area contributed by atoms with Gasteiger partial charge in [0, 0.05) is 43.8 Å². The maximum atomic E-state index is 10.9. The van der Waals surface area contributed by atoms with E-state index < -0.39 is 0 Å². The summed E-state index contributed by atoms with van der Waals surface area (Å²) in [4.78, 5) is 16.1. The molecule has 1 fully saturated rings. The predicted octanol–water partition coefficient (Wildman–Crippen LogP) is -0.158. The molecule has 1 aliphatic rings. The molecule has 0 aliphatic carbocycles. The van der Waals surface area contributed by atoms with Crippen LogP contribution in [0.25, 0.3) is 0 Å². The average Bonchev–Trinajstić information content (AvgIpc) is 2.53. The number of nitrogens with one attached hydrogen (secondary N) is 2. The van der Waals surface area contributed by atoms with E-state index in [2.05, 4.69) is 15.2 Å². The molecule has 2 N–H and O–H groups in total. The third kappa shape index (κ3) is 2.40. The Morgan fingerprint density at radius 1 is 1.46 bits per heavy atom. The van der Waals surface area contributed by atoms with Crippen molar-refractivity contribution in [2.75, 3.05) is 26.2 Å². The maximum Gasteiger partial charge on any atom is 0.304 e. The third-order valence-corrected chi connectivity index (χ3v) is 2.89. The van der Waals surface area contributed by atoms with Crippen molar-refractivity contribution in [1.29, 1.82) is 0 Å². The summed E-state index contributed by atoms with van der Waals surface area (Å²) in [6, 6.07) is 0. The number of rotatable bonds is 2. The summed E-state index contributed by atoms with van der Waals surface area (Å²) in [6.45, 7) is 5.11. The van der Waals surface area contributed by atoms with Gasteiger partial charge in [-0.15, -0.1) is 0 Å². The first-order chi connectivity index (χ1) is 6.34. The molecule has 0 saturated carbocycles. The summed E-state index contributed by atoms with van der Waals surface area (Å²) in [5.74, 6) is 0. The van der Waals surface area contributed by atoms with Gasteiger partial charge in [-0.3, -0.25) is 9.69 Å². The van der Waals surface area contributed by atoms with Gasteiger partial charge in [-0.1, -0.05) is 11.3 Å². The Hall–Kier alpha value is -0.650. The van der Waals surface area contributed by atoms with Crippen LogP contribution in [0, 0.1) is 0 Å². The fourth-order valence-electron chi connectivity index (χ4n) is 1.50. The fraction of sp³-hybridized carbons (Fsp3) is 0.625. The molecule has 5 heteroatoms. The van der Waals surface area contributed by atoms with Gasteiger partial charge >= 0.3 is 4.87 Å². The van der Waals surface area contributed by atoms with Crippen LogP contribution in [0.2, 0.25) is 0 Å². The molecule has 4 nitrogen and oxygen atoms in total. The van der Waals surface area contributed by atoms with Crippen LogP contribution < -0.4 is 10.2 Å². The summed E-state index contributed by atoms with van der Waals surface area (Å²) in [7, 11) is 0. The van der Waals surface area contributed by atoms with E-state index >= 15 is 0 Å². The molecular weight excluding hydrogens is 186 g/mol. The van der Waals surface area contributed by atoms with Gasteiger partial charge in [0.1, 0.15) is 0 Å². The Balaban J connectivity index is 1.93. The van der Waals surface area contributed by atoms with Gasteiger partial charge in [0.05, 0.1) is 0 Å². The molecule has 2 rings (SSSR count). The number of hydrogen-bond donors (Lipinski definition) is 2. The largest absolute Gasteiger partial charge is 0.315 e. The van der Waals surface area contributed by atoms with Crippen molar-refractivity contribution in [1.82, 2.24) is 15.2 Å². The highest BCUT2D eigenvalue weighted by atomic mass is 32.1. The Morgan fingerprint density at radius 3 is 2.85 bits per heavy atom. The number of nitrogens with zero attached hydrogens (tertiary/aromatic N) is 1. The monoisotopic (exact) mass is 199 g/mol. The standard InChI is InChI=1S/C8H13N3OS/c12-8-10-7(6-13-8)5-11-3-1-9-2-4-11/h6,9H,1-5H2,(H,10,12). The van der Waals surface area contributed by atoms with Gasteiger partial charge in [-0.25, -0.2) is 0 Å². The minimum Gasteiger partial charge on any atom is -0.315 e. The predicted molar refractivity (Wildman–Crippen MR) is 53.1 cm³/mol. The van der Waals surface area contributed by atoms with Crippen molar-refractivity contribution in [2.24, 2.45) is 0 Å². The van der Waals surface area contributed by atoms with Crippen molar-refractivity contribution >= 4 is 11.3 Å². The fourth-order valence-corrected chi connectivity index (χ4v) is 2.07. The van der Waals surface area contributed by atoms with E-state index in [0.717, 1.165) is 38.4 Å². The minimum atomic E-state index is 0.0464. The molecule has 13 heavy (non-hydrogen) atoms. The molecule has 2 heterocycles. The average molecular weight is 199 g/mol. The minimum absolute atomic E-state index is 0.0464. The summed E-state index contributed by atoms with van der Waals surface area (Å²) in [5.41, 5.74) is 1.04. The number of aromatic nitrogens is 1. The molecule has 1 aromatic heterocycles. The van der Waals surface area contributed by atoms with Crippen LogP contribution in [0.15, 0.2) is 10.2 Å². The first-order valence-electron chi connectivity index (χ1n) is 4.44. The summed E-state index contributed by atoms with van der Waals surface area (Å²) >= 11 is 1.24. The van der Waals surface area contributed by atoms with Gasteiger partial charge in [0.15, 0.2) is 0 Å². The topological polar surface area (TPSA) is 48.1 Å².